The predicted octanol–water partition coefficient (Wildman–Crippen LogP) is 2.47. The van der Waals surface area contributed by atoms with E-state index in [-0.39, 0.29) is 11.2 Å². The Balaban J connectivity index is 2.34. The van der Waals surface area contributed by atoms with Crippen LogP contribution >= 0.6 is 11.8 Å². The first-order valence-corrected chi connectivity index (χ1v) is 10.4. The Morgan fingerprint density at radius 2 is 1.80 bits per heavy atom. The highest BCUT2D eigenvalue weighted by Gasteiger charge is 2.39. The van der Waals surface area contributed by atoms with Crippen LogP contribution in [0.15, 0.2) is 0 Å². The van der Waals surface area contributed by atoms with Crippen molar-refractivity contribution in [3.8, 4) is 0 Å². The van der Waals surface area contributed by atoms with E-state index in [1.165, 1.54) is 0 Å². The highest BCUT2D eigenvalue weighted by molar-refractivity contribution is 8.00. The van der Waals surface area contributed by atoms with Gasteiger partial charge in [0, 0.05) is 32.3 Å². The van der Waals surface area contributed by atoms with Gasteiger partial charge in [-0.25, -0.2) is 0 Å². The number of ether oxygens (including phenoxy) is 1. The third-order valence-corrected chi connectivity index (χ3v) is 7.43. The molecule has 1 heterocycles. The van der Waals surface area contributed by atoms with Gasteiger partial charge >= 0.3 is 14.8 Å². The molecule has 20 heavy (non-hydrogen) atoms. The lowest BCUT2D eigenvalue weighted by Crippen LogP contribution is -2.46. The number of cyclic esters (lactones) is 1. The molecule has 0 aliphatic carbocycles. The third kappa shape index (κ3) is 5.73. The predicted molar refractivity (Wildman–Crippen MR) is 81.9 cm³/mol. The monoisotopic (exact) mass is 322 g/mol. The van der Waals surface area contributed by atoms with Crippen molar-refractivity contribution in [2.24, 2.45) is 0 Å². The van der Waals surface area contributed by atoms with Gasteiger partial charge in [0.05, 0.1) is 6.61 Å². The van der Waals surface area contributed by atoms with E-state index in [4.69, 9.17) is 18.0 Å². The molecule has 0 aromatic rings. The Bertz CT molecular complexity index is 273. The summed E-state index contributed by atoms with van der Waals surface area (Å²) in [7, 11) is -2.52. The molecule has 0 N–H and O–H groups in total. The Morgan fingerprint density at radius 1 is 1.20 bits per heavy atom. The zero-order chi connectivity index (χ0) is 14.8. The molecule has 1 aliphatic heterocycles. The van der Waals surface area contributed by atoms with E-state index in [1.807, 2.05) is 20.8 Å². The molecular formula is C13H26O5SSi. The largest absolute Gasteiger partial charge is 0.500 e. The van der Waals surface area contributed by atoms with Crippen LogP contribution in [0.1, 0.15) is 33.6 Å². The molecule has 0 radical (unpaired) electrons. The minimum Gasteiger partial charge on any atom is -0.465 e. The van der Waals surface area contributed by atoms with Gasteiger partial charge in [-0.3, -0.25) is 4.79 Å². The van der Waals surface area contributed by atoms with E-state index in [9.17, 15) is 4.79 Å². The number of rotatable bonds is 11. The van der Waals surface area contributed by atoms with Crippen LogP contribution in [0.5, 0.6) is 0 Å². The molecule has 0 aromatic heterocycles. The molecule has 1 rings (SSSR count). The molecule has 118 valence electrons. The van der Waals surface area contributed by atoms with Crippen molar-refractivity contribution in [3.63, 3.8) is 0 Å². The van der Waals surface area contributed by atoms with E-state index >= 15 is 0 Å². The van der Waals surface area contributed by atoms with Crippen molar-refractivity contribution in [2.75, 3.05) is 32.2 Å². The lowest BCUT2D eigenvalue weighted by Gasteiger charge is -2.28. The van der Waals surface area contributed by atoms with E-state index < -0.39 is 8.80 Å². The van der Waals surface area contributed by atoms with Crippen LogP contribution < -0.4 is 0 Å². The second-order valence-electron chi connectivity index (χ2n) is 4.40. The summed E-state index contributed by atoms with van der Waals surface area (Å²) < 4.78 is 22.3. The molecule has 7 heteroatoms. The van der Waals surface area contributed by atoms with Crippen LogP contribution in [-0.4, -0.2) is 52.2 Å². The van der Waals surface area contributed by atoms with Gasteiger partial charge in [-0.1, -0.05) is 0 Å². The molecule has 0 aromatic carbocycles. The van der Waals surface area contributed by atoms with Crippen LogP contribution in [0.25, 0.3) is 0 Å². The van der Waals surface area contributed by atoms with Gasteiger partial charge in [-0.15, -0.1) is 11.8 Å². The Labute approximate surface area is 127 Å². The summed E-state index contributed by atoms with van der Waals surface area (Å²) in [5.74, 6) is 0.833. The second-order valence-corrected chi connectivity index (χ2v) is 8.44. The smallest absolute Gasteiger partial charge is 0.465 e. The zero-order valence-electron chi connectivity index (χ0n) is 12.7. The van der Waals surface area contributed by atoms with Gasteiger partial charge in [0.2, 0.25) is 0 Å². The Morgan fingerprint density at radius 3 is 2.25 bits per heavy atom. The van der Waals surface area contributed by atoms with Crippen molar-refractivity contribution in [2.45, 2.75) is 44.9 Å². The second kappa shape index (κ2) is 9.78. The fourth-order valence-corrected chi connectivity index (χ4v) is 6.08. The van der Waals surface area contributed by atoms with Crippen LogP contribution in [0.2, 0.25) is 6.04 Å². The molecule has 0 saturated carbocycles. The molecule has 1 atom stereocenters. The summed E-state index contributed by atoms with van der Waals surface area (Å²) in [5, 5.41) is 0.0114. The maximum atomic E-state index is 11.4. The van der Waals surface area contributed by atoms with Crippen molar-refractivity contribution in [1.82, 2.24) is 0 Å². The average Bonchev–Trinajstić information content (AvgIpc) is 2.81. The highest BCUT2D eigenvalue weighted by atomic mass is 32.2. The molecule has 1 unspecified atom stereocenters. The maximum Gasteiger partial charge on any atom is 0.500 e. The molecule has 1 fully saturated rings. The maximum absolute atomic E-state index is 11.4. The Kier molecular flexibility index (Phi) is 8.79. The lowest BCUT2D eigenvalue weighted by molar-refractivity contribution is -0.137. The summed E-state index contributed by atoms with van der Waals surface area (Å²) in [6.45, 7) is 8.26. The van der Waals surface area contributed by atoms with Gasteiger partial charge < -0.3 is 18.0 Å². The fourth-order valence-electron chi connectivity index (χ4n) is 2.14. The summed E-state index contributed by atoms with van der Waals surface area (Å²) in [6.07, 6.45) is 1.76. The average molecular weight is 322 g/mol. The lowest BCUT2D eigenvalue weighted by atomic mass is 10.4. The Hall–Kier alpha value is -0.0831. The standard InChI is InChI=1S/C13H26O5SSi/c1-4-16-20(17-5-2,18-6-3)11-7-10-19-12-8-9-15-13(12)14/h12H,4-11H2,1-3H3. The van der Waals surface area contributed by atoms with Gasteiger partial charge in [0.1, 0.15) is 5.25 Å². The molecule has 0 amide bonds. The van der Waals surface area contributed by atoms with E-state index in [1.54, 1.807) is 11.8 Å². The normalized spacial score (nSPS) is 19.4. The van der Waals surface area contributed by atoms with E-state index in [0.29, 0.717) is 26.4 Å². The SMILES string of the molecule is CCO[Si](CCCSC1CCOC1=O)(OCC)OCC. The number of thioether (sulfide) groups is 1. The summed E-state index contributed by atoms with van der Waals surface area (Å²) in [5.41, 5.74) is 0. The van der Waals surface area contributed by atoms with Gasteiger partial charge in [-0.2, -0.15) is 0 Å². The van der Waals surface area contributed by atoms with E-state index in [0.717, 1.165) is 24.6 Å². The van der Waals surface area contributed by atoms with Crippen molar-refractivity contribution >= 4 is 26.5 Å². The highest BCUT2D eigenvalue weighted by Crippen LogP contribution is 2.25. The number of hydrogen-bond donors (Lipinski definition) is 0. The summed E-state index contributed by atoms with van der Waals surface area (Å²) >= 11 is 1.67. The minimum atomic E-state index is -2.52. The minimum absolute atomic E-state index is 0.0114. The molecule has 0 bridgehead atoms. The number of carbonyl (C=O) groups excluding carboxylic acids is 1. The summed E-state index contributed by atoms with van der Waals surface area (Å²) in [4.78, 5) is 11.4. The number of hydrogen-bond acceptors (Lipinski definition) is 6. The van der Waals surface area contributed by atoms with Gasteiger partial charge in [-0.05, 0) is 32.9 Å². The quantitative estimate of drug-likeness (QED) is 0.331. The van der Waals surface area contributed by atoms with Crippen molar-refractivity contribution < 1.29 is 22.8 Å². The van der Waals surface area contributed by atoms with Crippen molar-refractivity contribution in [3.05, 3.63) is 0 Å². The van der Waals surface area contributed by atoms with Gasteiger partial charge in [0.15, 0.2) is 0 Å². The number of carbonyl (C=O) groups is 1. The molecule has 5 nitrogen and oxygen atoms in total. The van der Waals surface area contributed by atoms with Crippen LogP contribution in [0, 0.1) is 0 Å². The topological polar surface area (TPSA) is 54.0 Å². The molecular weight excluding hydrogens is 296 g/mol. The third-order valence-electron chi connectivity index (χ3n) is 2.93. The van der Waals surface area contributed by atoms with Crippen molar-refractivity contribution in [1.29, 1.82) is 0 Å². The molecule has 1 saturated heterocycles. The molecule has 0 spiro atoms. The van der Waals surface area contributed by atoms with Crippen LogP contribution in [0.4, 0.5) is 0 Å². The number of esters is 1. The first kappa shape index (κ1) is 18.0. The summed E-state index contributed by atoms with van der Waals surface area (Å²) in [6, 6.07) is 0.803. The fraction of sp³-hybridized carbons (Fsp3) is 0.923. The molecule has 1 aliphatic rings. The van der Waals surface area contributed by atoms with Crippen LogP contribution in [-0.2, 0) is 22.8 Å². The van der Waals surface area contributed by atoms with Gasteiger partial charge in [0.25, 0.3) is 0 Å². The first-order valence-electron chi connectivity index (χ1n) is 7.37. The van der Waals surface area contributed by atoms with Crippen LogP contribution in [0.3, 0.4) is 0 Å². The zero-order valence-corrected chi connectivity index (χ0v) is 14.5. The van der Waals surface area contributed by atoms with E-state index in [2.05, 4.69) is 0 Å². The first-order chi connectivity index (χ1) is 9.67.